The van der Waals surface area contributed by atoms with Crippen LogP contribution in [0.5, 0.6) is 0 Å². The van der Waals surface area contributed by atoms with Crippen molar-refractivity contribution in [2.24, 2.45) is 5.73 Å². The third-order valence-corrected chi connectivity index (χ3v) is 6.18. The maximum absolute atomic E-state index is 13.0. The molecule has 0 spiro atoms. The highest BCUT2D eigenvalue weighted by Gasteiger charge is 2.29. The van der Waals surface area contributed by atoms with E-state index in [2.05, 4.69) is 4.98 Å². The highest BCUT2D eigenvalue weighted by Crippen LogP contribution is 2.28. The van der Waals surface area contributed by atoms with Crippen molar-refractivity contribution < 1.29 is 4.79 Å². The molecule has 1 aromatic heterocycles. The molecule has 31 heavy (non-hydrogen) atoms. The summed E-state index contributed by atoms with van der Waals surface area (Å²) in [6.45, 7) is 1.29. The van der Waals surface area contributed by atoms with Crippen LogP contribution < -0.4 is 5.73 Å². The largest absolute Gasteiger partial charge is 0.342 e. The predicted octanol–water partition coefficient (Wildman–Crippen LogP) is 5.02. The quantitative estimate of drug-likeness (QED) is 0.508. The molecule has 0 saturated carbocycles. The summed E-state index contributed by atoms with van der Waals surface area (Å²) < 4.78 is 0. The summed E-state index contributed by atoms with van der Waals surface area (Å²) >= 11 is 18.2. The van der Waals surface area contributed by atoms with E-state index < -0.39 is 6.04 Å². The number of carbonyl (C=O) groups excluding carboxylic acids is 1. The van der Waals surface area contributed by atoms with Gasteiger partial charge in [0.1, 0.15) is 5.82 Å². The number of hydrogen-bond acceptors (Lipinski definition) is 3. The molecule has 3 N–H and O–H groups in total. The highest BCUT2D eigenvalue weighted by molar-refractivity contribution is 7.59. The summed E-state index contributed by atoms with van der Waals surface area (Å²) in [5, 5.41) is 1.75. The normalized spacial score (nSPS) is 17.0. The van der Waals surface area contributed by atoms with E-state index in [9.17, 15) is 4.79 Å². The minimum atomic E-state index is -0.651. The van der Waals surface area contributed by atoms with Crippen LogP contribution >= 0.6 is 61.8 Å². The Bertz CT molecular complexity index is 1060. The fourth-order valence-electron chi connectivity index (χ4n) is 3.84. The first-order chi connectivity index (χ1) is 13.9. The van der Waals surface area contributed by atoms with Crippen molar-refractivity contribution in [3.8, 4) is 0 Å². The zero-order chi connectivity index (χ0) is 20.5. The van der Waals surface area contributed by atoms with Gasteiger partial charge in [0.25, 0.3) is 0 Å². The van der Waals surface area contributed by atoms with Crippen LogP contribution in [0.25, 0.3) is 11.0 Å². The van der Waals surface area contributed by atoms with Crippen LogP contribution in [0.4, 0.5) is 0 Å². The number of imidazole rings is 1. The van der Waals surface area contributed by atoms with Gasteiger partial charge in [-0.05, 0) is 55.2 Å². The third-order valence-electron chi connectivity index (χ3n) is 5.35. The first-order valence-corrected chi connectivity index (χ1v) is 10.7. The second-order valence-electron chi connectivity index (χ2n) is 7.45. The molecule has 1 aliphatic heterocycles. The number of nitrogens with one attached hydrogen (secondary N) is 1. The lowest BCUT2D eigenvalue weighted by atomic mass is 9.96. The standard InChI is InChI=1S/C21H21Cl3N4O.2H2S/c22-14-4-3-12(16(24)9-14)8-17(25)21(29)28-7-1-2-13(11-28)20-26-18-6-5-15(23)10-19(18)27-20;;/h3-6,9-10,13,17H,1-2,7-8,11,25H2,(H,26,27);2*1H2/t13-,17-;;/m0../s1. The van der Waals surface area contributed by atoms with Crippen LogP contribution in [0.1, 0.15) is 30.1 Å². The lowest BCUT2D eigenvalue weighted by molar-refractivity contribution is -0.133. The fourth-order valence-corrected chi connectivity index (χ4v) is 4.50. The Morgan fingerprint density at radius 1 is 1.16 bits per heavy atom. The number of fused-ring (bicyclic) bond motifs is 1. The van der Waals surface area contributed by atoms with Crippen LogP contribution in [-0.2, 0) is 11.2 Å². The van der Waals surface area contributed by atoms with Gasteiger partial charge in [-0.15, -0.1) is 0 Å². The fraction of sp³-hybridized carbons (Fsp3) is 0.333. The molecule has 1 amide bonds. The molecule has 2 heterocycles. The van der Waals surface area contributed by atoms with Gasteiger partial charge in [0.05, 0.1) is 17.1 Å². The molecule has 3 aromatic rings. The molecular formula is C21H25Cl3N4OS2. The Kier molecular flexibility index (Phi) is 9.42. The molecule has 10 heteroatoms. The number of amides is 1. The Balaban J connectivity index is 0.00000171. The van der Waals surface area contributed by atoms with Crippen molar-refractivity contribution in [2.75, 3.05) is 13.1 Å². The smallest absolute Gasteiger partial charge is 0.239 e. The average molecular weight is 520 g/mol. The van der Waals surface area contributed by atoms with E-state index in [0.717, 1.165) is 35.3 Å². The molecule has 0 bridgehead atoms. The van der Waals surface area contributed by atoms with Gasteiger partial charge >= 0.3 is 0 Å². The lowest BCUT2D eigenvalue weighted by Gasteiger charge is -2.33. The Labute approximate surface area is 210 Å². The Hall–Kier alpha value is -1.09. The van der Waals surface area contributed by atoms with Crippen molar-refractivity contribution in [3.05, 3.63) is 62.9 Å². The van der Waals surface area contributed by atoms with E-state index in [-0.39, 0.29) is 38.8 Å². The molecule has 0 aliphatic carbocycles. The first kappa shape index (κ1) is 26.2. The van der Waals surface area contributed by atoms with E-state index in [1.54, 1.807) is 12.1 Å². The summed E-state index contributed by atoms with van der Waals surface area (Å²) in [6.07, 6.45) is 2.25. The van der Waals surface area contributed by atoms with Crippen LogP contribution in [0.2, 0.25) is 15.1 Å². The number of hydrogen-bond donors (Lipinski definition) is 2. The summed E-state index contributed by atoms with van der Waals surface area (Å²) in [7, 11) is 0. The number of benzene rings is 2. The van der Waals surface area contributed by atoms with Gasteiger partial charge in [-0.1, -0.05) is 40.9 Å². The molecule has 0 unspecified atom stereocenters. The van der Waals surface area contributed by atoms with Crippen molar-refractivity contribution in [1.82, 2.24) is 14.9 Å². The van der Waals surface area contributed by atoms with Gasteiger partial charge in [0.2, 0.25) is 5.91 Å². The summed E-state index contributed by atoms with van der Waals surface area (Å²) in [5.74, 6) is 0.958. The topological polar surface area (TPSA) is 75.0 Å². The number of aromatic nitrogens is 2. The van der Waals surface area contributed by atoms with E-state index in [1.807, 2.05) is 29.2 Å². The zero-order valence-corrected chi connectivity index (χ0v) is 20.9. The SMILES string of the molecule is N[C@@H](Cc1ccc(Cl)cc1Cl)C(=O)N1CCC[C@H](c2nc3ccc(Cl)cc3[nH]2)C1.S.S. The molecule has 2 aromatic carbocycles. The average Bonchev–Trinajstić information content (AvgIpc) is 3.13. The first-order valence-electron chi connectivity index (χ1n) is 9.54. The lowest BCUT2D eigenvalue weighted by Crippen LogP contribution is -2.48. The van der Waals surface area contributed by atoms with Crippen LogP contribution in [0.15, 0.2) is 36.4 Å². The van der Waals surface area contributed by atoms with E-state index in [1.165, 1.54) is 0 Å². The second kappa shape index (κ2) is 11.2. The van der Waals surface area contributed by atoms with Crippen molar-refractivity contribution >= 4 is 78.7 Å². The maximum atomic E-state index is 13.0. The predicted molar refractivity (Wildman–Crippen MR) is 139 cm³/mol. The summed E-state index contributed by atoms with van der Waals surface area (Å²) in [4.78, 5) is 22.8. The molecule has 168 valence electrons. The van der Waals surface area contributed by atoms with Crippen LogP contribution in [-0.4, -0.2) is 39.9 Å². The number of H-pyrrole nitrogens is 1. The number of nitrogens with zero attached hydrogens (tertiary/aromatic N) is 2. The van der Waals surface area contributed by atoms with Crippen molar-refractivity contribution in [2.45, 2.75) is 31.2 Å². The van der Waals surface area contributed by atoms with Crippen LogP contribution in [0, 0.1) is 0 Å². The number of nitrogens with two attached hydrogens (primary N) is 1. The van der Waals surface area contributed by atoms with E-state index >= 15 is 0 Å². The Morgan fingerprint density at radius 2 is 1.87 bits per heavy atom. The number of aromatic amines is 1. The van der Waals surface area contributed by atoms with Gasteiger partial charge < -0.3 is 15.6 Å². The number of halogens is 3. The van der Waals surface area contributed by atoms with E-state index in [4.69, 9.17) is 45.5 Å². The van der Waals surface area contributed by atoms with Crippen molar-refractivity contribution in [3.63, 3.8) is 0 Å². The Morgan fingerprint density at radius 3 is 2.61 bits per heavy atom. The number of piperidine rings is 1. The molecule has 2 atom stereocenters. The van der Waals surface area contributed by atoms with Gasteiger partial charge in [-0.2, -0.15) is 27.0 Å². The second-order valence-corrected chi connectivity index (χ2v) is 8.73. The van der Waals surface area contributed by atoms with Crippen molar-refractivity contribution in [1.29, 1.82) is 0 Å². The van der Waals surface area contributed by atoms with E-state index in [0.29, 0.717) is 34.6 Å². The molecular weight excluding hydrogens is 495 g/mol. The molecule has 4 rings (SSSR count). The highest BCUT2D eigenvalue weighted by atomic mass is 35.5. The number of rotatable bonds is 4. The molecule has 0 radical (unpaired) electrons. The van der Waals surface area contributed by atoms with Gasteiger partial charge in [-0.3, -0.25) is 4.79 Å². The van der Waals surface area contributed by atoms with Gasteiger partial charge in [-0.25, -0.2) is 4.98 Å². The molecule has 1 aliphatic rings. The zero-order valence-electron chi connectivity index (χ0n) is 16.7. The van der Waals surface area contributed by atoms with Gasteiger partial charge in [0.15, 0.2) is 0 Å². The third kappa shape index (κ3) is 6.03. The minimum absolute atomic E-state index is 0. The maximum Gasteiger partial charge on any atom is 0.239 e. The van der Waals surface area contributed by atoms with Gasteiger partial charge in [0, 0.05) is 34.1 Å². The number of likely N-dealkylation sites (tertiary alicyclic amines) is 1. The molecule has 1 fully saturated rings. The monoisotopic (exact) mass is 518 g/mol. The number of carbonyl (C=O) groups is 1. The molecule has 1 saturated heterocycles. The van der Waals surface area contributed by atoms with Crippen LogP contribution in [0.3, 0.4) is 0 Å². The molecule has 5 nitrogen and oxygen atoms in total. The summed E-state index contributed by atoms with van der Waals surface area (Å²) in [6, 6.07) is 10.2. The summed E-state index contributed by atoms with van der Waals surface area (Å²) in [5.41, 5.74) is 8.83. The minimum Gasteiger partial charge on any atom is -0.342 e.